The molecule has 6 aromatic rings. The van der Waals surface area contributed by atoms with Crippen LogP contribution >= 0.6 is 11.3 Å². The molecule has 0 saturated carbocycles. The maximum atomic E-state index is 13.8. The van der Waals surface area contributed by atoms with E-state index >= 15 is 0 Å². The van der Waals surface area contributed by atoms with Crippen molar-refractivity contribution in [2.75, 3.05) is 58.0 Å². The number of hydrogen-bond acceptors (Lipinski definition) is 14. The van der Waals surface area contributed by atoms with Crippen LogP contribution in [0.1, 0.15) is 52.7 Å². The first kappa shape index (κ1) is 46.1. The number of fused-ring (bicyclic) bond motifs is 2. The normalized spacial score (nSPS) is 12.1. The van der Waals surface area contributed by atoms with Gasteiger partial charge < -0.3 is 39.2 Å². The first-order valence-electron chi connectivity index (χ1n) is 20.5. The molecular formula is C46H56N6O8S2. The number of rotatable bonds is 21. The van der Waals surface area contributed by atoms with Crippen LogP contribution in [0.15, 0.2) is 102 Å². The van der Waals surface area contributed by atoms with E-state index in [1.54, 1.807) is 54.7 Å². The monoisotopic (exact) mass is 884 g/mol. The average Bonchev–Trinajstić information content (AvgIpc) is 3.70. The molecule has 0 unspecified atom stereocenters. The van der Waals surface area contributed by atoms with Crippen LogP contribution in [0.2, 0.25) is 0 Å². The van der Waals surface area contributed by atoms with Gasteiger partial charge in [-0.25, -0.2) is 28.2 Å². The number of nitrogens with one attached hydrogen (secondary N) is 2. The Kier molecular flexibility index (Phi) is 15.7. The second-order valence-electron chi connectivity index (χ2n) is 16.5. The van der Waals surface area contributed by atoms with Crippen LogP contribution in [0.5, 0.6) is 11.5 Å². The van der Waals surface area contributed by atoms with Gasteiger partial charge in [-0.2, -0.15) is 0 Å². The third-order valence-electron chi connectivity index (χ3n) is 9.40. The second kappa shape index (κ2) is 21.1. The Morgan fingerprint density at radius 2 is 1.52 bits per heavy atom. The van der Waals surface area contributed by atoms with Crippen molar-refractivity contribution in [2.24, 2.45) is 0 Å². The molecule has 0 aliphatic heterocycles. The minimum atomic E-state index is -3.82. The van der Waals surface area contributed by atoms with E-state index in [4.69, 9.17) is 23.7 Å². The lowest BCUT2D eigenvalue weighted by Crippen LogP contribution is -2.38. The highest BCUT2D eigenvalue weighted by Gasteiger charge is 2.34. The molecule has 330 valence electrons. The number of ether oxygens (including phenoxy) is 5. The summed E-state index contributed by atoms with van der Waals surface area (Å²) in [4.78, 5) is 28.1. The van der Waals surface area contributed by atoms with Gasteiger partial charge in [-0.05, 0) is 89.1 Å². The zero-order valence-electron chi connectivity index (χ0n) is 36.2. The van der Waals surface area contributed by atoms with Crippen molar-refractivity contribution < 1.29 is 36.9 Å². The van der Waals surface area contributed by atoms with Crippen molar-refractivity contribution in [1.29, 1.82) is 0 Å². The SMILES string of the molecule is CC(C)(C)OC(=O)N(CCOCCOCCNCCOc1cc2ncnc(Nc3ccc4scnc4c3)c2cc1S(=O)(=O)C(C)(C)C)Cc1cccc(OCc2ccccc2)c1. The molecule has 1 amide bonds. The fourth-order valence-corrected chi connectivity index (χ4v) is 8.12. The van der Waals surface area contributed by atoms with Gasteiger partial charge in [0.15, 0.2) is 9.84 Å². The Balaban J connectivity index is 0.940. The number of amides is 1. The lowest BCUT2D eigenvalue weighted by atomic mass is 10.2. The first-order valence-corrected chi connectivity index (χ1v) is 22.9. The molecular weight excluding hydrogens is 829 g/mol. The highest BCUT2D eigenvalue weighted by atomic mass is 32.2. The topological polar surface area (TPSA) is 163 Å². The minimum Gasteiger partial charge on any atom is -0.491 e. The molecule has 2 heterocycles. The van der Waals surface area contributed by atoms with Crippen LogP contribution in [-0.2, 0) is 37.2 Å². The van der Waals surface area contributed by atoms with E-state index in [-0.39, 0.29) is 17.3 Å². The molecule has 14 nitrogen and oxygen atoms in total. The van der Waals surface area contributed by atoms with Crippen LogP contribution < -0.4 is 20.1 Å². The van der Waals surface area contributed by atoms with E-state index in [2.05, 4.69) is 25.6 Å². The predicted octanol–water partition coefficient (Wildman–Crippen LogP) is 8.57. The number of carbonyl (C=O) groups excluding carboxylic acids is 1. The molecule has 2 aromatic heterocycles. The van der Waals surface area contributed by atoms with Gasteiger partial charge in [0.1, 0.15) is 47.4 Å². The summed E-state index contributed by atoms with van der Waals surface area (Å²) in [5.74, 6) is 1.42. The standard InChI is InChI=1S/C46H56N6O8S2/c1-45(2,3)60-44(53)52(29-34-13-10-14-36(25-34)59-30-33-11-8-7-9-12-33)19-22-57-24-23-56-20-17-47-18-21-58-40-28-38-37(27-42(40)62(54,55)46(4,5)6)43(49-31-48-38)51-35-15-16-41-39(26-35)50-32-61-41/h7-16,25-28,31-32,47H,17-24,29-30H2,1-6H3,(H,48,49,51). The smallest absolute Gasteiger partial charge is 0.410 e. The zero-order valence-corrected chi connectivity index (χ0v) is 37.8. The van der Waals surface area contributed by atoms with Gasteiger partial charge in [0.25, 0.3) is 0 Å². The quantitative estimate of drug-likeness (QED) is 0.0662. The van der Waals surface area contributed by atoms with E-state index in [0.717, 1.165) is 32.8 Å². The predicted molar refractivity (Wildman–Crippen MR) is 243 cm³/mol. The Morgan fingerprint density at radius 1 is 0.758 bits per heavy atom. The largest absolute Gasteiger partial charge is 0.491 e. The number of hydrogen-bond donors (Lipinski definition) is 2. The number of carbonyl (C=O) groups is 1. The van der Waals surface area contributed by atoms with Gasteiger partial charge in [-0.3, -0.25) is 0 Å². The molecule has 0 aliphatic carbocycles. The summed E-state index contributed by atoms with van der Waals surface area (Å²) in [6.07, 6.45) is 1.01. The van der Waals surface area contributed by atoms with Gasteiger partial charge in [0, 0.05) is 43.3 Å². The second-order valence-corrected chi connectivity index (χ2v) is 20.0. The van der Waals surface area contributed by atoms with Crippen LogP contribution in [0, 0.1) is 0 Å². The van der Waals surface area contributed by atoms with Gasteiger partial charge >= 0.3 is 6.09 Å². The number of thiazole rings is 1. The van der Waals surface area contributed by atoms with E-state index in [0.29, 0.717) is 75.9 Å². The van der Waals surface area contributed by atoms with E-state index < -0.39 is 26.3 Å². The third-order valence-corrected chi connectivity index (χ3v) is 12.7. The third kappa shape index (κ3) is 13.1. The number of aromatic nitrogens is 3. The maximum absolute atomic E-state index is 13.8. The van der Waals surface area contributed by atoms with Crippen LogP contribution in [0.3, 0.4) is 0 Å². The van der Waals surface area contributed by atoms with Crippen LogP contribution in [0.25, 0.3) is 21.1 Å². The first-order chi connectivity index (χ1) is 29.7. The van der Waals surface area contributed by atoms with Gasteiger partial charge in [0.2, 0.25) is 0 Å². The molecule has 2 N–H and O–H groups in total. The molecule has 4 aromatic carbocycles. The fraction of sp³-hybridized carbons (Fsp3) is 0.391. The van der Waals surface area contributed by atoms with Crippen molar-refractivity contribution in [3.8, 4) is 11.5 Å². The molecule has 16 heteroatoms. The van der Waals surface area contributed by atoms with Crippen molar-refractivity contribution in [3.63, 3.8) is 0 Å². The highest BCUT2D eigenvalue weighted by Crippen LogP contribution is 2.37. The number of sulfone groups is 1. The fourth-order valence-electron chi connectivity index (χ4n) is 6.14. The minimum absolute atomic E-state index is 0.0705. The van der Waals surface area contributed by atoms with Gasteiger partial charge in [-0.15, -0.1) is 11.3 Å². The lowest BCUT2D eigenvalue weighted by Gasteiger charge is -2.27. The maximum Gasteiger partial charge on any atom is 0.410 e. The number of nitrogens with zero attached hydrogens (tertiary/aromatic N) is 4. The molecule has 0 aliphatic rings. The van der Waals surface area contributed by atoms with E-state index in [1.165, 1.54) is 6.33 Å². The zero-order chi connectivity index (χ0) is 44.2. The number of anilines is 2. The molecule has 6 rings (SSSR count). The Labute approximate surface area is 367 Å². The summed E-state index contributed by atoms with van der Waals surface area (Å²) in [7, 11) is -3.82. The molecule has 62 heavy (non-hydrogen) atoms. The molecule has 0 saturated heterocycles. The molecule has 0 spiro atoms. The number of benzene rings is 4. The van der Waals surface area contributed by atoms with Crippen molar-refractivity contribution in [2.45, 2.75) is 69.9 Å². The lowest BCUT2D eigenvalue weighted by molar-refractivity contribution is 0.00923. The summed E-state index contributed by atoms with van der Waals surface area (Å²) < 4.78 is 57.0. The summed E-state index contributed by atoms with van der Waals surface area (Å²) in [5, 5.41) is 7.13. The summed E-state index contributed by atoms with van der Waals surface area (Å²) in [6.45, 7) is 14.3. The summed E-state index contributed by atoms with van der Waals surface area (Å²) in [6, 6.07) is 26.7. The van der Waals surface area contributed by atoms with Gasteiger partial charge in [-0.1, -0.05) is 42.5 Å². The molecule has 0 bridgehead atoms. The summed E-state index contributed by atoms with van der Waals surface area (Å²) >= 11 is 1.56. The Bertz CT molecular complexity index is 2510. The molecule has 0 radical (unpaired) electrons. The van der Waals surface area contributed by atoms with Crippen molar-refractivity contribution >= 4 is 59.9 Å². The van der Waals surface area contributed by atoms with Crippen LogP contribution in [-0.4, -0.2) is 97.4 Å². The highest BCUT2D eigenvalue weighted by molar-refractivity contribution is 7.92. The van der Waals surface area contributed by atoms with Crippen molar-refractivity contribution in [1.82, 2.24) is 25.2 Å². The van der Waals surface area contributed by atoms with Crippen molar-refractivity contribution in [3.05, 3.63) is 108 Å². The molecule has 0 atom stereocenters. The Morgan fingerprint density at radius 3 is 2.29 bits per heavy atom. The van der Waals surface area contributed by atoms with E-state index in [1.807, 2.05) is 93.6 Å². The average molecular weight is 885 g/mol. The van der Waals surface area contributed by atoms with Crippen LogP contribution in [0.4, 0.5) is 16.3 Å². The van der Waals surface area contributed by atoms with E-state index in [9.17, 15) is 13.2 Å². The summed E-state index contributed by atoms with van der Waals surface area (Å²) in [5.41, 5.74) is 5.30. The molecule has 0 fully saturated rings. The Hall–Kier alpha value is -5.39. The van der Waals surface area contributed by atoms with Gasteiger partial charge in [0.05, 0.1) is 52.4 Å².